The van der Waals surface area contributed by atoms with Crippen LogP contribution in [0.4, 0.5) is 5.69 Å². The van der Waals surface area contributed by atoms with Crippen molar-refractivity contribution in [1.82, 2.24) is 5.32 Å². The molecule has 2 aromatic carbocycles. The SMILES string of the molecule is COc1ccc(NC(=O)COc2c(Cl)cc(C3C4=C(CC(C)(C)CC4=O)NC4=C3C(=O)CC(C)(C)C4)cc2OC)cc1. The summed E-state index contributed by atoms with van der Waals surface area (Å²) < 4.78 is 16.6. The van der Waals surface area contributed by atoms with Gasteiger partial charge in [-0.3, -0.25) is 14.4 Å². The van der Waals surface area contributed by atoms with Crippen LogP contribution < -0.4 is 24.8 Å². The van der Waals surface area contributed by atoms with Gasteiger partial charge in [-0.15, -0.1) is 0 Å². The van der Waals surface area contributed by atoms with Crippen LogP contribution in [0.3, 0.4) is 0 Å². The lowest BCUT2D eigenvalue weighted by atomic mass is 9.64. The standard InChI is InChI=1S/C33H37ClN2O6/c1-32(2)13-22-29(24(37)15-32)28(30-23(36-22)14-33(3,4)16-25(30)38)18-11-21(34)31(26(12-18)41-6)42-17-27(39)35-19-7-9-20(40-5)10-8-19/h7-12,28,36H,13-17H2,1-6H3,(H,35,39). The largest absolute Gasteiger partial charge is 0.497 e. The fourth-order valence-corrected chi connectivity index (χ4v) is 6.55. The number of ether oxygens (including phenoxy) is 3. The van der Waals surface area contributed by atoms with E-state index in [0.717, 1.165) is 11.4 Å². The fourth-order valence-electron chi connectivity index (χ4n) is 6.28. The molecule has 2 aromatic rings. The monoisotopic (exact) mass is 592 g/mol. The molecule has 1 aliphatic heterocycles. The van der Waals surface area contributed by atoms with Gasteiger partial charge in [0.1, 0.15) is 5.75 Å². The highest BCUT2D eigenvalue weighted by Gasteiger charge is 2.46. The number of hydrogen-bond donors (Lipinski definition) is 2. The highest BCUT2D eigenvalue weighted by molar-refractivity contribution is 6.32. The number of Topliss-reactive ketones (excluding diaryl/α,β-unsaturated/α-hetero) is 2. The zero-order chi connectivity index (χ0) is 30.4. The predicted molar refractivity (Wildman–Crippen MR) is 161 cm³/mol. The molecular weight excluding hydrogens is 556 g/mol. The highest BCUT2D eigenvalue weighted by atomic mass is 35.5. The molecule has 2 N–H and O–H groups in total. The minimum atomic E-state index is -0.567. The zero-order valence-corrected chi connectivity index (χ0v) is 25.7. The van der Waals surface area contributed by atoms with Gasteiger partial charge < -0.3 is 24.8 Å². The number of allylic oxidation sites excluding steroid dienone is 4. The molecule has 0 radical (unpaired) electrons. The maximum atomic E-state index is 13.6. The number of methoxy groups -OCH3 is 2. The van der Waals surface area contributed by atoms with Crippen LogP contribution in [0.1, 0.15) is 64.9 Å². The van der Waals surface area contributed by atoms with Crippen LogP contribution in [-0.4, -0.2) is 38.3 Å². The molecule has 0 bridgehead atoms. The quantitative estimate of drug-likeness (QED) is 0.386. The Morgan fingerprint density at radius 2 is 1.48 bits per heavy atom. The van der Waals surface area contributed by atoms with E-state index in [1.807, 2.05) is 0 Å². The summed E-state index contributed by atoms with van der Waals surface area (Å²) in [5.41, 5.74) is 3.86. The average molecular weight is 593 g/mol. The van der Waals surface area contributed by atoms with Crippen LogP contribution in [0.15, 0.2) is 58.9 Å². The molecule has 0 saturated carbocycles. The summed E-state index contributed by atoms with van der Waals surface area (Å²) in [6.07, 6.45) is 2.18. The lowest BCUT2D eigenvalue weighted by molar-refractivity contribution is -0.119. The van der Waals surface area contributed by atoms with Gasteiger partial charge in [0.15, 0.2) is 29.7 Å². The summed E-state index contributed by atoms with van der Waals surface area (Å²) in [6, 6.07) is 10.4. The number of halogens is 1. The van der Waals surface area contributed by atoms with Crippen molar-refractivity contribution in [3.05, 3.63) is 69.5 Å². The van der Waals surface area contributed by atoms with Crippen LogP contribution in [-0.2, 0) is 14.4 Å². The van der Waals surface area contributed by atoms with Crippen molar-refractivity contribution >= 4 is 34.8 Å². The van der Waals surface area contributed by atoms with Gasteiger partial charge in [0, 0.05) is 47.0 Å². The van der Waals surface area contributed by atoms with Gasteiger partial charge in [0.25, 0.3) is 5.91 Å². The number of hydrogen-bond acceptors (Lipinski definition) is 7. The summed E-state index contributed by atoms with van der Waals surface area (Å²) in [5.74, 6) is 0.292. The molecule has 42 heavy (non-hydrogen) atoms. The Kier molecular flexibility index (Phi) is 7.88. The van der Waals surface area contributed by atoms with Gasteiger partial charge in [-0.1, -0.05) is 39.3 Å². The van der Waals surface area contributed by atoms with E-state index >= 15 is 0 Å². The van der Waals surface area contributed by atoms with Crippen molar-refractivity contribution in [2.24, 2.45) is 10.8 Å². The molecular formula is C33H37ClN2O6. The first-order valence-corrected chi connectivity index (χ1v) is 14.4. The van der Waals surface area contributed by atoms with E-state index in [2.05, 4.69) is 38.3 Å². The van der Waals surface area contributed by atoms with Gasteiger partial charge >= 0.3 is 0 Å². The van der Waals surface area contributed by atoms with E-state index in [0.29, 0.717) is 59.6 Å². The van der Waals surface area contributed by atoms with E-state index in [1.165, 1.54) is 7.11 Å². The van der Waals surface area contributed by atoms with E-state index in [4.69, 9.17) is 25.8 Å². The molecule has 1 heterocycles. The van der Waals surface area contributed by atoms with Crippen molar-refractivity contribution in [2.45, 2.75) is 59.3 Å². The summed E-state index contributed by atoms with van der Waals surface area (Å²) in [5, 5.41) is 6.51. The molecule has 8 nitrogen and oxygen atoms in total. The molecule has 0 saturated heterocycles. The number of rotatable bonds is 7. The molecule has 1 amide bonds. The number of benzene rings is 2. The van der Waals surface area contributed by atoms with Crippen LogP contribution in [0, 0.1) is 10.8 Å². The maximum absolute atomic E-state index is 13.6. The van der Waals surface area contributed by atoms with E-state index in [9.17, 15) is 14.4 Å². The van der Waals surface area contributed by atoms with Crippen molar-refractivity contribution in [1.29, 1.82) is 0 Å². The lowest BCUT2D eigenvalue weighted by Crippen LogP contribution is -2.42. The van der Waals surface area contributed by atoms with Gasteiger partial charge in [-0.05, 0) is 65.6 Å². The van der Waals surface area contributed by atoms with E-state index < -0.39 is 5.92 Å². The minimum absolute atomic E-state index is 0.0218. The summed E-state index contributed by atoms with van der Waals surface area (Å²) in [4.78, 5) is 39.9. The van der Waals surface area contributed by atoms with Crippen molar-refractivity contribution in [3.8, 4) is 17.2 Å². The Bertz CT molecular complexity index is 1470. The number of amides is 1. The molecule has 0 fully saturated rings. The van der Waals surface area contributed by atoms with E-state index in [1.54, 1.807) is 43.5 Å². The number of carbonyl (C=O) groups excluding carboxylic acids is 3. The third-order valence-corrected chi connectivity index (χ3v) is 8.31. The maximum Gasteiger partial charge on any atom is 0.262 e. The Balaban J connectivity index is 1.47. The van der Waals surface area contributed by atoms with Gasteiger partial charge in [-0.25, -0.2) is 0 Å². The van der Waals surface area contributed by atoms with Crippen molar-refractivity contribution in [2.75, 3.05) is 26.1 Å². The van der Waals surface area contributed by atoms with Crippen molar-refractivity contribution in [3.63, 3.8) is 0 Å². The molecule has 0 spiro atoms. The third kappa shape index (κ3) is 5.91. The molecule has 0 aromatic heterocycles. The number of nitrogens with one attached hydrogen (secondary N) is 2. The second-order valence-corrected chi connectivity index (χ2v) is 13.2. The first kappa shape index (κ1) is 29.7. The molecule has 9 heteroatoms. The second kappa shape index (κ2) is 11.1. The molecule has 3 aliphatic rings. The average Bonchev–Trinajstić information content (AvgIpc) is 2.89. The van der Waals surface area contributed by atoms with E-state index in [-0.39, 0.29) is 45.7 Å². The van der Waals surface area contributed by atoms with Gasteiger partial charge in [-0.2, -0.15) is 0 Å². The summed E-state index contributed by atoms with van der Waals surface area (Å²) in [7, 11) is 3.06. The smallest absolute Gasteiger partial charge is 0.262 e. The van der Waals surface area contributed by atoms with Crippen LogP contribution in [0.25, 0.3) is 0 Å². The molecule has 0 unspecified atom stereocenters. The molecule has 0 atom stereocenters. The normalized spacial score (nSPS) is 19.5. The Labute approximate surface area is 251 Å². The van der Waals surface area contributed by atoms with Crippen LogP contribution >= 0.6 is 11.6 Å². The zero-order valence-electron chi connectivity index (χ0n) is 24.9. The first-order chi connectivity index (χ1) is 19.8. The fraction of sp³-hybridized carbons (Fsp3) is 0.424. The third-order valence-electron chi connectivity index (χ3n) is 8.03. The number of ketones is 2. The highest BCUT2D eigenvalue weighted by Crippen LogP contribution is 2.52. The van der Waals surface area contributed by atoms with Crippen molar-refractivity contribution < 1.29 is 28.6 Å². The van der Waals surface area contributed by atoms with Crippen LogP contribution in [0.5, 0.6) is 17.2 Å². The number of dihydropyridines is 1. The topological polar surface area (TPSA) is 103 Å². The second-order valence-electron chi connectivity index (χ2n) is 12.8. The van der Waals surface area contributed by atoms with Gasteiger partial charge in [0.2, 0.25) is 0 Å². The Hall–Kier alpha value is -3.78. The summed E-state index contributed by atoms with van der Waals surface area (Å²) >= 11 is 6.76. The molecule has 5 rings (SSSR count). The van der Waals surface area contributed by atoms with Crippen LogP contribution in [0.2, 0.25) is 5.02 Å². The van der Waals surface area contributed by atoms with Gasteiger partial charge in [0.05, 0.1) is 19.2 Å². The minimum Gasteiger partial charge on any atom is -0.497 e. The predicted octanol–water partition coefficient (Wildman–Crippen LogP) is 6.35. The summed E-state index contributed by atoms with van der Waals surface area (Å²) in [6.45, 7) is 8.04. The Morgan fingerprint density at radius 1 is 0.905 bits per heavy atom. The first-order valence-electron chi connectivity index (χ1n) is 14.0. The lowest BCUT2D eigenvalue weighted by Gasteiger charge is -2.44. The molecule has 2 aliphatic carbocycles. The Morgan fingerprint density at radius 3 is 2.00 bits per heavy atom. The molecule has 222 valence electrons. The number of carbonyl (C=O) groups is 3. The number of anilines is 1.